The number of unbranched alkanes of at least 4 members (excludes halogenated alkanes) is 18. The molecule has 0 aliphatic heterocycles. The summed E-state index contributed by atoms with van der Waals surface area (Å²) in [5.74, 6) is 58.9. The van der Waals surface area contributed by atoms with Crippen molar-refractivity contribution in [3.8, 4) is 129 Å². The minimum Gasteiger partial charge on any atom is -0.493 e. The number of aryl methyl sites for hydroxylation is 4. The zero-order chi connectivity index (χ0) is 95.2. The fourth-order valence-corrected chi connectivity index (χ4v) is 16.1. The third-order valence-corrected chi connectivity index (χ3v) is 24.3. The van der Waals surface area contributed by atoms with Crippen molar-refractivity contribution in [3.05, 3.63) is 342 Å². The summed E-state index contributed by atoms with van der Waals surface area (Å²) in [6.45, 7) is 20.1. The molecule has 0 aromatic heterocycles. The first-order chi connectivity index (χ1) is 66.8. The number of benzene rings is 11. The molecule has 0 aliphatic carbocycles. The second-order valence-corrected chi connectivity index (χ2v) is 36.7. The number of carbonyl (C=O) groups is 2. The first-order valence-electron chi connectivity index (χ1n) is 49.4. The van der Waals surface area contributed by atoms with E-state index in [1.54, 1.807) is 13.8 Å². The van der Waals surface area contributed by atoms with E-state index in [9.17, 15) is 9.59 Å². The fraction of sp³-hybridized carbons (Fsp3) is 0.333. The van der Waals surface area contributed by atoms with Gasteiger partial charge in [0, 0.05) is 103 Å². The summed E-state index contributed by atoms with van der Waals surface area (Å²) in [4.78, 5) is 24.9. The molecule has 0 radical (unpaired) electrons. The summed E-state index contributed by atoms with van der Waals surface area (Å²) in [6, 6.07) is 77.5. The van der Waals surface area contributed by atoms with Gasteiger partial charge in [-0.05, 0) is 281 Å². The molecule has 0 heterocycles. The second kappa shape index (κ2) is 59.5. The van der Waals surface area contributed by atoms with Crippen LogP contribution in [0, 0.1) is 94.7 Å². The molecule has 0 atom stereocenters. The molecule has 11 rings (SSSR count). The highest BCUT2D eigenvalue weighted by atomic mass is 32.2. The fourth-order valence-electron chi connectivity index (χ4n) is 14.9. The van der Waals surface area contributed by atoms with E-state index in [0.717, 1.165) is 287 Å². The Bertz CT molecular complexity index is 5810. The van der Waals surface area contributed by atoms with Gasteiger partial charge in [-0.15, -0.1) is 0 Å². The zero-order valence-electron chi connectivity index (χ0n) is 81.1. The topological polar surface area (TPSA) is 89.5 Å². The van der Waals surface area contributed by atoms with Gasteiger partial charge in [-0.2, -0.15) is 0 Å². The molecule has 11 aromatic rings. The Morgan fingerprint density at radius 3 is 0.588 bits per heavy atom. The van der Waals surface area contributed by atoms with Gasteiger partial charge in [-0.1, -0.05) is 300 Å². The first-order valence-corrected chi connectivity index (χ1v) is 51.0. The number of rotatable bonds is 44. The van der Waals surface area contributed by atoms with E-state index in [1.165, 1.54) is 60.3 Å². The average molecular weight is 1840 g/mol. The van der Waals surface area contributed by atoms with Gasteiger partial charge in [0.05, 0.1) is 61.9 Å². The maximum absolute atomic E-state index is 11.6. The summed E-state index contributed by atoms with van der Waals surface area (Å²) in [5, 5.41) is 0.118. The summed E-state index contributed by atoms with van der Waals surface area (Å²) < 4.78 is 39.7. The Morgan fingerprint density at radius 2 is 0.382 bits per heavy atom. The van der Waals surface area contributed by atoms with E-state index in [1.807, 2.05) is 158 Å². The van der Waals surface area contributed by atoms with E-state index < -0.39 is 0 Å². The number of carbonyl (C=O) groups excluding carboxylic acids is 2. The predicted octanol–water partition coefficient (Wildman–Crippen LogP) is 29.5. The van der Waals surface area contributed by atoms with Crippen molar-refractivity contribution >= 4 is 33.8 Å². The van der Waals surface area contributed by atoms with Crippen LogP contribution in [-0.4, -0.2) is 49.9 Å². The molecule has 0 aliphatic rings. The number of thioether (sulfide) groups is 2. The third-order valence-electron chi connectivity index (χ3n) is 22.8. The molecular formula is C126H130O8S2. The average Bonchev–Trinajstić information content (AvgIpc) is 0.825. The van der Waals surface area contributed by atoms with Crippen molar-refractivity contribution in [3.63, 3.8) is 0 Å². The van der Waals surface area contributed by atoms with Crippen molar-refractivity contribution in [2.24, 2.45) is 0 Å². The largest absolute Gasteiger partial charge is 0.493 e. The van der Waals surface area contributed by atoms with Crippen LogP contribution >= 0.6 is 23.5 Å². The van der Waals surface area contributed by atoms with Crippen LogP contribution in [0.4, 0.5) is 0 Å². The predicted molar refractivity (Wildman–Crippen MR) is 564 cm³/mol. The Hall–Kier alpha value is -13.3. The van der Waals surface area contributed by atoms with Crippen molar-refractivity contribution in [1.82, 2.24) is 0 Å². The molecule has 0 saturated carbocycles. The lowest BCUT2D eigenvalue weighted by molar-refractivity contribution is -0.109. The molecule has 0 unspecified atom stereocenters. The lowest BCUT2D eigenvalue weighted by Crippen LogP contribution is -2.05. The van der Waals surface area contributed by atoms with Crippen LogP contribution in [0.15, 0.2) is 240 Å². The molecule has 694 valence electrons. The van der Waals surface area contributed by atoms with Gasteiger partial charge in [0.1, 0.15) is 34.5 Å². The van der Waals surface area contributed by atoms with Crippen LogP contribution in [-0.2, 0) is 35.3 Å². The van der Waals surface area contributed by atoms with Crippen LogP contribution in [0.3, 0.4) is 0 Å². The molecule has 0 N–H and O–H groups in total. The number of hydrogen-bond acceptors (Lipinski definition) is 10. The summed E-state index contributed by atoms with van der Waals surface area (Å²) in [6.07, 6.45) is 29.5. The third kappa shape index (κ3) is 37.5. The standard InChI is InChI=1S/C126H130O8S2/c1-9-15-21-27-85-129-121-91-114(76-66-106-53-39-100(40-54-106)34-36-102-43-57-108(58-44-102)68-78-116-94-126(134-90-32-26-20-14-6)118(96-124(116)132-88-30-24-18-12-4)80-70-110-61-47-104(48-62-110)50-64-112-73-83-120(84-74-112)136-98(8)128)122(130-86-28-22-16-10-2)92-113(121)75-65-105-51-37-99(38-52-105)33-35-101-41-55-107(56-42-101)67-77-115-93-125(133-89-31-25-19-13-5)117(95-123(115)131-87-29-23-17-11-3)79-69-109-59-45-103(46-60-109)49-63-111-71-81-119(82-72-111)135-97(7)127/h37-48,51-62,71-74,81-84,91-96H,9-32,67-68,77-78,85-90H2,1-8H3. The van der Waals surface area contributed by atoms with Crippen LogP contribution in [0.2, 0.25) is 0 Å². The first kappa shape index (κ1) is 103. The SMILES string of the molecule is CCCCCCOc1cc(C#Cc2ccc(C#Cc3ccc(CCc4cc(OCCCCCC)c(C#Cc5ccc(C#Cc6ccc(SC(C)=O)cc6)cc5)cc4OCCCCCC)cc3)cc2)c(OCCCCCC)cc1C#Cc1ccc(C#Cc2ccc(CCc3cc(OCCCCCC)c(C#Cc4ccc(C#Cc5ccc(SC(C)=O)cc5)cc4)cc3OCCCCCC)cc2)cc1. The maximum Gasteiger partial charge on any atom is 0.190 e. The van der Waals surface area contributed by atoms with Crippen LogP contribution in [0.5, 0.6) is 34.5 Å². The lowest BCUT2D eigenvalue weighted by atomic mass is 10.00. The quantitative estimate of drug-likeness (QED) is 0.0209. The van der Waals surface area contributed by atoms with Gasteiger partial charge in [0.15, 0.2) is 10.2 Å². The van der Waals surface area contributed by atoms with Gasteiger partial charge in [0.2, 0.25) is 0 Å². The monoisotopic (exact) mass is 1830 g/mol. The molecule has 10 heteroatoms. The highest BCUT2D eigenvalue weighted by Gasteiger charge is 2.18. The molecule has 0 amide bonds. The minimum atomic E-state index is 0.0591. The normalized spacial score (nSPS) is 10.4. The summed E-state index contributed by atoms with van der Waals surface area (Å²) in [7, 11) is 0. The molecule has 8 nitrogen and oxygen atoms in total. The molecule has 0 bridgehead atoms. The van der Waals surface area contributed by atoms with Crippen molar-refractivity contribution < 1.29 is 38.0 Å². The van der Waals surface area contributed by atoms with Gasteiger partial charge in [-0.25, -0.2) is 0 Å². The Morgan fingerprint density at radius 1 is 0.206 bits per heavy atom. The van der Waals surface area contributed by atoms with Gasteiger partial charge in [-0.3, -0.25) is 9.59 Å². The second-order valence-electron chi connectivity index (χ2n) is 34.2. The summed E-state index contributed by atoms with van der Waals surface area (Å²) >= 11 is 2.44. The van der Waals surface area contributed by atoms with Gasteiger partial charge < -0.3 is 28.4 Å². The summed E-state index contributed by atoms with van der Waals surface area (Å²) in [5.41, 5.74) is 18.4. The molecule has 11 aromatic carbocycles. The van der Waals surface area contributed by atoms with Crippen molar-refractivity contribution in [1.29, 1.82) is 0 Å². The van der Waals surface area contributed by atoms with Crippen molar-refractivity contribution in [2.45, 2.75) is 245 Å². The maximum atomic E-state index is 11.6. The van der Waals surface area contributed by atoms with E-state index in [-0.39, 0.29) is 10.2 Å². The lowest BCUT2D eigenvalue weighted by Gasteiger charge is -2.16. The Balaban J connectivity index is 0.743. The number of hydrogen-bond donors (Lipinski definition) is 0. The van der Waals surface area contributed by atoms with E-state index in [2.05, 4.69) is 209 Å². The molecule has 136 heavy (non-hydrogen) atoms. The molecular weight excluding hydrogens is 1710 g/mol. The van der Waals surface area contributed by atoms with Crippen LogP contribution in [0.1, 0.15) is 321 Å². The zero-order valence-corrected chi connectivity index (χ0v) is 82.7. The van der Waals surface area contributed by atoms with E-state index in [0.29, 0.717) is 51.1 Å². The minimum absolute atomic E-state index is 0.0591. The van der Waals surface area contributed by atoms with E-state index >= 15 is 0 Å². The smallest absolute Gasteiger partial charge is 0.190 e. The Labute approximate surface area is 821 Å². The van der Waals surface area contributed by atoms with Gasteiger partial charge >= 0.3 is 0 Å². The van der Waals surface area contributed by atoms with Crippen molar-refractivity contribution in [2.75, 3.05) is 39.6 Å². The molecule has 0 fully saturated rings. The van der Waals surface area contributed by atoms with Gasteiger partial charge in [0.25, 0.3) is 0 Å². The molecule has 0 spiro atoms. The van der Waals surface area contributed by atoms with Crippen LogP contribution in [0.25, 0.3) is 0 Å². The molecule has 0 saturated heterocycles. The van der Waals surface area contributed by atoms with E-state index in [4.69, 9.17) is 28.4 Å². The van der Waals surface area contributed by atoms with Crippen LogP contribution < -0.4 is 28.4 Å². The Kier molecular flexibility index (Phi) is 45.2. The number of ether oxygens (including phenoxy) is 6. The highest BCUT2D eigenvalue weighted by Crippen LogP contribution is 2.35. The highest BCUT2D eigenvalue weighted by molar-refractivity contribution is 8.13.